The summed E-state index contributed by atoms with van der Waals surface area (Å²) in [4.78, 5) is 46.2. The van der Waals surface area contributed by atoms with Crippen LogP contribution in [0.4, 0.5) is 11.4 Å². The number of carboxylic acid groups (broad SMARTS) is 1. The van der Waals surface area contributed by atoms with E-state index in [0.717, 1.165) is 18.8 Å². The third-order valence-electron chi connectivity index (χ3n) is 8.90. The van der Waals surface area contributed by atoms with Crippen molar-refractivity contribution in [2.45, 2.75) is 70.7 Å². The molecule has 2 bridgehead atoms. The van der Waals surface area contributed by atoms with Gasteiger partial charge in [0.25, 0.3) is 5.91 Å². The van der Waals surface area contributed by atoms with Gasteiger partial charge in [-0.25, -0.2) is 0 Å². The topological polar surface area (TPSA) is 111 Å². The SMILES string of the molecule is C=CCN(C(=O)C1N([C@@H](CO)C(C)C)C(=O)[C@@H]2[C@H](C(=O)O)[C@]3(C)CCC12O3)c1ccc(N(CC)CC)cc1. The van der Waals surface area contributed by atoms with Crippen LogP contribution in [0, 0.1) is 17.8 Å². The average Bonchev–Trinajstić information content (AvgIpc) is 3.45. The summed E-state index contributed by atoms with van der Waals surface area (Å²) in [5, 5.41) is 20.5. The zero-order valence-corrected chi connectivity index (χ0v) is 23.1. The number of carbonyl (C=O) groups is 3. The molecule has 0 aliphatic carbocycles. The lowest BCUT2D eigenvalue weighted by Crippen LogP contribution is -2.60. The number of carbonyl (C=O) groups excluding carboxylic acids is 2. The van der Waals surface area contributed by atoms with Crippen LogP contribution < -0.4 is 9.80 Å². The first kappa shape index (κ1) is 28.1. The van der Waals surface area contributed by atoms with Crippen LogP contribution in [-0.4, -0.2) is 82.4 Å². The van der Waals surface area contributed by atoms with Crippen molar-refractivity contribution in [1.82, 2.24) is 4.90 Å². The summed E-state index contributed by atoms with van der Waals surface area (Å²) in [6.07, 6.45) is 2.47. The standard InChI is InChI=1S/C29H41N3O6/c1-7-16-31(20-12-10-19(11-13-20)30(8-2)9-3)26(35)24-29-15-14-28(6,38-29)23(27(36)37)22(29)25(34)32(24)21(17-33)18(4)5/h7,10-13,18,21-24,33H,1,8-9,14-17H2,2-6H3,(H,36,37)/t21-,22-,23+,24?,28-,29?/m0/s1. The molecular formula is C29H41N3O6. The van der Waals surface area contributed by atoms with Crippen molar-refractivity contribution in [2.24, 2.45) is 17.8 Å². The van der Waals surface area contributed by atoms with Crippen molar-refractivity contribution in [3.05, 3.63) is 36.9 Å². The van der Waals surface area contributed by atoms with Gasteiger partial charge in [-0.15, -0.1) is 6.58 Å². The molecular weight excluding hydrogens is 486 g/mol. The molecule has 3 aliphatic rings. The molecule has 38 heavy (non-hydrogen) atoms. The second-order valence-corrected chi connectivity index (χ2v) is 11.2. The molecule has 6 atom stereocenters. The van der Waals surface area contributed by atoms with Gasteiger partial charge < -0.3 is 29.6 Å². The molecule has 208 valence electrons. The van der Waals surface area contributed by atoms with E-state index in [1.54, 1.807) is 17.9 Å². The normalized spacial score (nSPS) is 30.4. The molecule has 3 fully saturated rings. The number of ether oxygens (including phenoxy) is 1. The lowest BCUT2D eigenvalue weighted by molar-refractivity contribution is -0.156. The summed E-state index contributed by atoms with van der Waals surface area (Å²) in [7, 11) is 0. The Kier molecular flexibility index (Phi) is 7.65. The van der Waals surface area contributed by atoms with E-state index in [9.17, 15) is 24.6 Å². The zero-order valence-electron chi connectivity index (χ0n) is 23.1. The number of aliphatic hydroxyl groups excluding tert-OH is 1. The van der Waals surface area contributed by atoms with Crippen LogP contribution in [0.15, 0.2) is 36.9 Å². The Hall–Kier alpha value is -2.91. The molecule has 9 nitrogen and oxygen atoms in total. The molecule has 1 aromatic carbocycles. The van der Waals surface area contributed by atoms with Crippen LogP contribution in [0.5, 0.6) is 0 Å². The third kappa shape index (κ3) is 4.11. The molecule has 1 spiro atoms. The first-order valence-electron chi connectivity index (χ1n) is 13.6. The molecule has 0 aromatic heterocycles. The van der Waals surface area contributed by atoms with Gasteiger partial charge >= 0.3 is 5.97 Å². The predicted octanol–water partition coefficient (Wildman–Crippen LogP) is 2.92. The Morgan fingerprint density at radius 2 is 1.79 bits per heavy atom. The van der Waals surface area contributed by atoms with E-state index in [1.165, 1.54) is 4.90 Å². The van der Waals surface area contributed by atoms with Gasteiger partial charge in [0.05, 0.1) is 30.1 Å². The maximum atomic E-state index is 14.5. The van der Waals surface area contributed by atoms with E-state index in [-0.39, 0.29) is 25.0 Å². The van der Waals surface area contributed by atoms with E-state index in [4.69, 9.17) is 4.74 Å². The Morgan fingerprint density at radius 1 is 1.18 bits per heavy atom. The smallest absolute Gasteiger partial charge is 0.310 e. The highest BCUT2D eigenvalue weighted by molar-refractivity contribution is 6.05. The van der Waals surface area contributed by atoms with Gasteiger partial charge in [0.1, 0.15) is 11.6 Å². The fourth-order valence-electron chi connectivity index (χ4n) is 7.03. The van der Waals surface area contributed by atoms with Crippen molar-refractivity contribution < 1.29 is 29.3 Å². The van der Waals surface area contributed by atoms with E-state index in [2.05, 4.69) is 25.3 Å². The quantitative estimate of drug-likeness (QED) is 0.426. The monoisotopic (exact) mass is 527 g/mol. The molecule has 0 saturated carbocycles. The number of nitrogens with zero attached hydrogens (tertiary/aromatic N) is 3. The van der Waals surface area contributed by atoms with Crippen LogP contribution in [0.25, 0.3) is 0 Å². The Bertz CT molecular complexity index is 1090. The fraction of sp³-hybridized carbons (Fsp3) is 0.621. The predicted molar refractivity (Wildman–Crippen MR) is 145 cm³/mol. The first-order chi connectivity index (χ1) is 18.0. The summed E-state index contributed by atoms with van der Waals surface area (Å²) in [6.45, 7) is 15.1. The van der Waals surface area contributed by atoms with E-state index < -0.39 is 47.0 Å². The number of hydrogen-bond donors (Lipinski definition) is 2. The molecule has 2 unspecified atom stereocenters. The molecule has 2 N–H and O–H groups in total. The van der Waals surface area contributed by atoms with Crippen molar-refractivity contribution in [3.8, 4) is 0 Å². The van der Waals surface area contributed by atoms with Crippen LogP contribution in [0.1, 0.15) is 47.5 Å². The van der Waals surface area contributed by atoms with Crippen molar-refractivity contribution in [2.75, 3.05) is 36.0 Å². The number of amides is 2. The lowest BCUT2D eigenvalue weighted by Gasteiger charge is -2.40. The van der Waals surface area contributed by atoms with E-state index in [1.807, 2.05) is 38.1 Å². The highest BCUT2D eigenvalue weighted by Crippen LogP contribution is 2.63. The molecule has 2 amide bonds. The van der Waals surface area contributed by atoms with Crippen molar-refractivity contribution in [3.63, 3.8) is 0 Å². The summed E-state index contributed by atoms with van der Waals surface area (Å²) < 4.78 is 6.49. The Morgan fingerprint density at radius 3 is 2.29 bits per heavy atom. The van der Waals surface area contributed by atoms with Gasteiger partial charge in [0.15, 0.2) is 0 Å². The summed E-state index contributed by atoms with van der Waals surface area (Å²) in [5.41, 5.74) is -0.611. The minimum absolute atomic E-state index is 0.160. The summed E-state index contributed by atoms with van der Waals surface area (Å²) in [6, 6.07) is 5.98. The third-order valence-corrected chi connectivity index (χ3v) is 8.90. The van der Waals surface area contributed by atoms with Crippen LogP contribution in [0.2, 0.25) is 0 Å². The van der Waals surface area contributed by atoms with Gasteiger partial charge in [0, 0.05) is 31.0 Å². The molecule has 9 heteroatoms. The van der Waals surface area contributed by atoms with Gasteiger partial charge in [-0.3, -0.25) is 14.4 Å². The first-order valence-corrected chi connectivity index (χ1v) is 13.6. The molecule has 1 aromatic rings. The van der Waals surface area contributed by atoms with Crippen LogP contribution in [0.3, 0.4) is 0 Å². The number of carboxylic acids is 1. The van der Waals surface area contributed by atoms with Crippen LogP contribution >= 0.6 is 0 Å². The number of anilines is 2. The Labute approximate surface area is 225 Å². The minimum atomic E-state index is -1.27. The number of fused-ring (bicyclic) bond motifs is 1. The largest absolute Gasteiger partial charge is 0.481 e. The number of aliphatic hydroxyl groups is 1. The Balaban J connectivity index is 1.81. The minimum Gasteiger partial charge on any atom is -0.481 e. The molecule has 0 radical (unpaired) electrons. The highest BCUT2D eigenvalue weighted by atomic mass is 16.5. The lowest BCUT2D eigenvalue weighted by atomic mass is 9.66. The highest BCUT2D eigenvalue weighted by Gasteiger charge is 2.79. The second-order valence-electron chi connectivity index (χ2n) is 11.2. The molecule has 3 saturated heterocycles. The summed E-state index contributed by atoms with van der Waals surface area (Å²) >= 11 is 0. The van der Waals surface area contributed by atoms with Gasteiger partial charge in [-0.1, -0.05) is 19.9 Å². The molecule has 4 rings (SSSR count). The second kappa shape index (κ2) is 10.3. The van der Waals surface area contributed by atoms with Crippen molar-refractivity contribution in [1.29, 1.82) is 0 Å². The number of benzene rings is 1. The maximum Gasteiger partial charge on any atom is 0.310 e. The number of likely N-dealkylation sites (tertiary alicyclic amines) is 1. The number of rotatable bonds is 11. The van der Waals surface area contributed by atoms with E-state index >= 15 is 0 Å². The molecule has 3 heterocycles. The number of hydrogen-bond acceptors (Lipinski definition) is 6. The average molecular weight is 528 g/mol. The van der Waals surface area contributed by atoms with Gasteiger partial charge in [0.2, 0.25) is 5.91 Å². The van der Waals surface area contributed by atoms with Crippen molar-refractivity contribution >= 4 is 29.2 Å². The molecule has 3 aliphatic heterocycles. The fourth-order valence-corrected chi connectivity index (χ4v) is 7.03. The maximum absolute atomic E-state index is 14.5. The zero-order chi connectivity index (χ0) is 28.0. The van der Waals surface area contributed by atoms with Gasteiger partial charge in [-0.05, 0) is 63.8 Å². The van der Waals surface area contributed by atoms with E-state index in [0.29, 0.717) is 18.5 Å². The van der Waals surface area contributed by atoms with Gasteiger partial charge in [-0.2, -0.15) is 0 Å². The summed E-state index contributed by atoms with van der Waals surface area (Å²) in [5.74, 6) is -4.09. The number of aliphatic carboxylic acids is 1. The van der Waals surface area contributed by atoms with Crippen LogP contribution in [-0.2, 0) is 19.1 Å².